The van der Waals surface area contributed by atoms with Crippen molar-refractivity contribution in [2.45, 2.75) is 57.3 Å². The highest BCUT2D eigenvalue weighted by Crippen LogP contribution is 2.59. The number of nitrogens with one attached hydrogen (secondary N) is 2. The number of halogens is 1. The summed E-state index contributed by atoms with van der Waals surface area (Å²) in [6.45, 7) is 5.36. The summed E-state index contributed by atoms with van der Waals surface area (Å²) in [7, 11) is 0. The molecule has 6 heteroatoms. The third-order valence-corrected chi connectivity index (χ3v) is 8.85. The van der Waals surface area contributed by atoms with E-state index in [0.29, 0.717) is 16.0 Å². The van der Waals surface area contributed by atoms with Crippen LogP contribution < -0.4 is 10.6 Å². The Bertz CT molecular complexity index is 812. The van der Waals surface area contributed by atoms with Gasteiger partial charge in [-0.1, -0.05) is 17.7 Å². The average molecular weight is 444 g/mol. The van der Waals surface area contributed by atoms with Crippen molar-refractivity contribution in [3.8, 4) is 0 Å². The van der Waals surface area contributed by atoms with Crippen LogP contribution in [0.1, 0.15) is 54.4 Å². The Morgan fingerprint density at radius 2 is 1.74 bits per heavy atom. The fraction of sp³-hybridized carbons (Fsp3) is 0.720. The summed E-state index contributed by atoms with van der Waals surface area (Å²) in [5.74, 6) is 2.69. The smallest absolute Gasteiger partial charge is 0.252 e. The zero-order chi connectivity index (χ0) is 21.0. The molecule has 0 unspecified atom stereocenters. The van der Waals surface area contributed by atoms with Crippen molar-refractivity contribution in [1.82, 2.24) is 15.5 Å². The largest absolute Gasteiger partial charge is 0.370 e. The Kier molecular flexibility index (Phi) is 5.29. The van der Waals surface area contributed by atoms with Gasteiger partial charge in [-0.05, 0) is 79.4 Å². The lowest BCUT2D eigenvalue weighted by Gasteiger charge is -2.56. The maximum absolute atomic E-state index is 13.1. The molecule has 5 nitrogen and oxygen atoms in total. The number of carbonyl (C=O) groups excluding carboxylic acids is 1. The zero-order valence-corrected chi connectivity index (χ0v) is 19.0. The lowest BCUT2D eigenvalue weighted by Crippen LogP contribution is -2.57. The Labute approximate surface area is 190 Å². The first-order valence-corrected chi connectivity index (χ1v) is 12.6. The molecular formula is C25H34ClN3O2. The van der Waals surface area contributed by atoms with E-state index in [0.717, 1.165) is 62.6 Å². The Hall–Kier alpha value is -1.14. The van der Waals surface area contributed by atoms with Gasteiger partial charge in [-0.15, -0.1) is 0 Å². The first kappa shape index (κ1) is 20.5. The molecule has 4 aliphatic carbocycles. The lowest BCUT2D eigenvalue weighted by molar-refractivity contribution is -0.105. The van der Waals surface area contributed by atoms with Crippen LogP contribution in [0.15, 0.2) is 18.2 Å². The van der Waals surface area contributed by atoms with Crippen LogP contribution in [-0.4, -0.2) is 55.7 Å². The Balaban J connectivity index is 1.11. The van der Waals surface area contributed by atoms with Crippen LogP contribution in [0, 0.1) is 23.2 Å². The number of benzene rings is 1. The highest BCUT2D eigenvalue weighted by molar-refractivity contribution is 6.33. The van der Waals surface area contributed by atoms with E-state index >= 15 is 0 Å². The monoisotopic (exact) mass is 443 g/mol. The van der Waals surface area contributed by atoms with E-state index in [1.807, 2.05) is 12.1 Å². The van der Waals surface area contributed by atoms with Gasteiger partial charge >= 0.3 is 0 Å². The predicted octanol–water partition coefficient (Wildman–Crippen LogP) is 3.46. The second-order valence-corrected chi connectivity index (χ2v) is 11.6. The summed E-state index contributed by atoms with van der Waals surface area (Å²) in [4.78, 5) is 15.6. The summed E-state index contributed by atoms with van der Waals surface area (Å²) >= 11 is 6.46. The molecule has 2 saturated heterocycles. The first-order valence-electron chi connectivity index (χ1n) is 12.2. The highest BCUT2D eigenvalue weighted by atomic mass is 35.5. The van der Waals surface area contributed by atoms with E-state index in [9.17, 15) is 4.79 Å². The van der Waals surface area contributed by atoms with Gasteiger partial charge in [-0.2, -0.15) is 0 Å². The molecule has 168 valence electrons. The molecule has 1 aromatic rings. The van der Waals surface area contributed by atoms with Gasteiger partial charge in [0.1, 0.15) is 0 Å². The third-order valence-electron chi connectivity index (χ3n) is 8.52. The van der Waals surface area contributed by atoms with Crippen LogP contribution in [0.4, 0.5) is 0 Å². The second-order valence-electron chi connectivity index (χ2n) is 11.1. The molecule has 6 fully saturated rings. The van der Waals surface area contributed by atoms with Crippen molar-refractivity contribution in [3.05, 3.63) is 34.3 Å². The predicted molar refractivity (Wildman–Crippen MR) is 121 cm³/mol. The number of hydrogen-bond acceptors (Lipinski definition) is 4. The summed E-state index contributed by atoms with van der Waals surface area (Å²) in [5.41, 5.74) is 2.12. The summed E-state index contributed by atoms with van der Waals surface area (Å²) in [5, 5.41) is 7.29. The summed E-state index contributed by atoms with van der Waals surface area (Å²) in [6.07, 6.45) is 8.75. The SMILES string of the molecule is O=C(NCC12CC3CC(CC(C3)C1)C2)c1cc(CN2C[C@H]3CNC[C@@H](C2)O3)ccc1Cl. The molecule has 1 aromatic carbocycles. The number of nitrogens with zero attached hydrogens (tertiary/aromatic N) is 1. The Morgan fingerprint density at radius 3 is 2.39 bits per heavy atom. The van der Waals surface area contributed by atoms with E-state index in [4.69, 9.17) is 16.3 Å². The molecule has 2 N–H and O–H groups in total. The molecule has 0 spiro atoms. The van der Waals surface area contributed by atoms with Crippen LogP contribution in [0.3, 0.4) is 0 Å². The third kappa shape index (κ3) is 4.15. The van der Waals surface area contributed by atoms with Gasteiger partial charge in [0.2, 0.25) is 0 Å². The van der Waals surface area contributed by atoms with Crippen molar-refractivity contribution in [3.63, 3.8) is 0 Å². The summed E-state index contributed by atoms with van der Waals surface area (Å²) in [6, 6.07) is 5.95. The van der Waals surface area contributed by atoms with Gasteiger partial charge in [0.25, 0.3) is 5.91 Å². The van der Waals surface area contributed by atoms with Crippen LogP contribution in [0.5, 0.6) is 0 Å². The maximum atomic E-state index is 13.1. The number of morpholine rings is 2. The Morgan fingerprint density at radius 1 is 1.10 bits per heavy atom. The van der Waals surface area contributed by atoms with Crippen molar-refractivity contribution in [1.29, 1.82) is 0 Å². The second kappa shape index (κ2) is 8.02. The summed E-state index contributed by atoms with van der Waals surface area (Å²) < 4.78 is 6.01. The fourth-order valence-corrected chi connectivity index (χ4v) is 7.94. The van der Waals surface area contributed by atoms with Crippen LogP contribution in [-0.2, 0) is 11.3 Å². The van der Waals surface area contributed by atoms with Crippen molar-refractivity contribution in [2.24, 2.45) is 23.2 Å². The fourth-order valence-electron chi connectivity index (χ4n) is 7.74. The average Bonchev–Trinajstić information content (AvgIpc) is 2.72. The number of ether oxygens (including phenoxy) is 1. The number of fused-ring (bicyclic) bond motifs is 2. The minimum absolute atomic E-state index is 0.00866. The van der Waals surface area contributed by atoms with E-state index in [1.165, 1.54) is 38.5 Å². The zero-order valence-electron chi connectivity index (χ0n) is 18.2. The number of rotatable bonds is 5. The minimum Gasteiger partial charge on any atom is -0.370 e. The molecule has 31 heavy (non-hydrogen) atoms. The quantitative estimate of drug-likeness (QED) is 0.731. The molecule has 6 bridgehead atoms. The molecule has 4 saturated carbocycles. The molecular weight excluding hydrogens is 410 g/mol. The van der Waals surface area contributed by atoms with Gasteiger partial charge in [0.05, 0.1) is 22.8 Å². The number of amides is 1. The minimum atomic E-state index is -0.00866. The molecule has 2 heterocycles. The topological polar surface area (TPSA) is 53.6 Å². The van der Waals surface area contributed by atoms with Gasteiger partial charge < -0.3 is 15.4 Å². The van der Waals surface area contributed by atoms with Crippen LogP contribution >= 0.6 is 11.6 Å². The van der Waals surface area contributed by atoms with Crippen molar-refractivity contribution < 1.29 is 9.53 Å². The maximum Gasteiger partial charge on any atom is 0.252 e. The highest BCUT2D eigenvalue weighted by Gasteiger charge is 2.50. The van der Waals surface area contributed by atoms with E-state index in [1.54, 1.807) is 0 Å². The molecule has 0 aromatic heterocycles. The molecule has 7 rings (SSSR count). The number of hydrogen-bond donors (Lipinski definition) is 2. The molecule has 6 aliphatic rings. The van der Waals surface area contributed by atoms with E-state index < -0.39 is 0 Å². The molecule has 2 atom stereocenters. The van der Waals surface area contributed by atoms with Gasteiger partial charge in [-0.3, -0.25) is 9.69 Å². The first-order chi connectivity index (χ1) is 15.0. The van der Waals surface area contributed by atoms with E-state index in [2.05, 4.69) is 21.6 Å². The van der Waals surface area contributed by atoms with Gasteiger partial charge in [0, 0.05) is 39.3 Å². The van der Waals surface area contributed by atoms with Crippen LogP contribution in [0.2, 0.25) is 5.02 Å². The molecule has 1 amide bonds. The standard InChI is InChI=1S/C25H34ClN3O2/c26-23-2-1-16(12-29-13-20-10-27-11-21(14-29)31-20)6-22(23)24(30)28-15-25-7-17-3-18(8-25)5-19(4-17)9-25/h1-2,6,17-21,27H,3-5,7-15H2,(H,28,30)/t17?,18?,19?,20-,21+,25?. The van der Waals surface area contributed by atoms with Crippen LogP contribution in [0.25, 0.3) is 0 Å². The lowest BCUT2D eigenvalue weighted by atomic mass is 9.49. The van der Waals surface area contributed by atoms with Gasteiger partial charge in [0.15, 0.2) is 0 Å². The van der Waals surface area contributed by atoms with Crippen molar-refractivity contribution >= 4 is 17.5 Å². The number of carbonyl (C=O) groups is 1. The molecule has 0 radical (unpaired) electrons. The van der Waals surface area contributed by atoms with Gasteiger partial charge in [-0.25, -0.2) is 0 Å². The van der Waals surface area contributed by atoms with E-state index in [-0.39, 0.29) is 18.1 Å². The molecule has 2 aliphatic heterocycles. The normalized spacial score (nSPS) is 38.9. The van der Waals surface area contributed by atoms with Crippen molar-refractivity contribution in [2.75, 3.05) is 32.7 Å².